The fraction of sp³-hybridized carbons (Fsp3) is 0.0588. The molecule has 0 fully saturated rings. The highest BCUT2D eigenvalue weighted by atomic mass is 32.2. The van der Waals surface area contributed by atoms with Gasteiger partial charge in [-0.15, -0.1) is 0 Å². The van der Waals surface area contributed by atoms with Gasteiger partial charge in [-0.25, -0.2) is 17.5 Å². The average Bonchev–Trinajstić information content (AvgIpc) is 2.53. The van der Waals surface area contributed by atoms with Crippen molar-refractivity contribution < 1.29 is 12.8 Å². The third-order valence-electron chi connectivity index (χ3n) is 3.40. The molecule has 0 aliphatic rings. The van der Waals surface area contributed by atoms with E-state index < -0.39 is 15.8 Å². The van der Waals surface area contributed by atoms with Crippen molar-refractivity contribution in [1.82, 2.24) is 4.72 Å². The Kier molecular flexibility index (Phi) is 3.92. The summed E-state index contributed by atoms with van der Waals surface area (Å²) in [5, 5.41) is 2.16. The molecule has 112 valence electrons. The molecular weight excluding hydrogens is 301 g/mol. The standard InChI is InChI=1S/C17H14FNO2S/c18-16-7-9-17(10-8-16)22(20,21)19-12-13-5-6-14-3-1-2-4-15(14)11-13/h1-11,19H,12H2. The van der Waals surface area contributed by atoms with E-state index in [1.54, 1.807) is 0 Å². The summed E-state index contributed by atoms with van der Waals surface area (Å²) < 4.78 is 39.7. The maximum atomic E-state index is 12.9. The Morgan fingerprint density at radius 3 is 2.27 bits per heavy atom. The molecule has 5 heteroatoms. The van der Waals surface area contributed by atoms with Crippen molar-refractivity contribution in [3.05, 3.63) is 78.1 Å². The van der Waals surface area contributed by atoms with E-state index in [-0.39, 0.29) is 11.4 Å². The Morgan fingerprint density at radius 1 is 0.864 bits per heavy atom. The van der Waals surface area contributed by atoms with E-state index in [2.05, 4.69) is 4.72 Å². The molecule has 22 heavy (non-hydrogen) atoms. The van der Waals surface area contributed by atoms with Crippen molar-refractivity contribution in [1.29, 1.82) is 0 Å². The molecule has 0 unspecified atom stereocenters. The fourth-order valence-electron chi connectivity index (χ4n) is 2.22. The molecule has 3 aromatic rings. The van der Waals surface area contributed by atoms with Crippen LogP contribution in [0.3, 0.4) is 0 Å². The molecule has 0 saturated carbocycles. The highest BCUT2D eigenvalue weighted by Crippen LogP contribution is 2.16. The molecule has 0 aliphatic heterocycles. The van der Waals surface area contributed by atoms with Crippen LogP contribution in [0, 0.1) is 5.82 Å². The van der Waals surface area contributed by atoms with Crippen molar-refractivity contribution in [3.63, 3.8) is 0 Å². The average molecular weight is 315 g/mol. The Morgan fingerprint density at radius 2 is 1.55 bits per heavy atom. The lowest BCUT2D eigenvalue weighted by Gasteiger charge is -2.08. The zero-order valence-corrected chi connectivity index (χ0v) is 12.5. The zero-order valence-electron chi connectivity index (χ0n) is 11.7. The second-order valence-electron chi connectivity index (χ2n) is 4.96. The lowest BCUT2D eigenvalue weighted by molar-refractivity contribution is 0.580. The van der Waals surface area contributed by atoms with E-state index in [4.69, 9.17) is 0 Å². The Hall–Kier alpha value is -2.24. The van der Waals surface area contributed by atoms with Gasteiger partial charge in [0.1, 0.15) is 5.82 Å². The molecule has 3 aromatic carbocycles. The van der Waals surface area contributed by atoms with Crippen molar-refractivity contribution in [2.75, 3.05) is 0 Å². The number of nitrogens with one attached hydrogen (secondary N) is 1. The van der Waals surface area contributed by atoms with Gasteiger partial charge in [0.2, 0.25) is 10.0 Å². The monoisotopic (exact) mass is 315 g/mol. The Labute approximate surface area is 128 Å². The van der Waals surface area contributed by atoms with Crippen LogP contribution in [0.1, 0.15) is 5.56 Å². The van der Waals surface area contributed by atoms with Gasteiger partial charge in [0, 0.05) is 6.54 Å². The van der Waals surface area contributed by atoms with Gasteiger partial charge >= 0.3 is 0 Å². The number of benzene rings is 3. The predicted molar refractivity (Wildman–Crippen MR) is 84.4 cm³/mol. The fourth-order valence-corrected chi connectivity index (χ4v) is 3.24. The second kappa shape index (κ2) is 5.87. The number of halogens is 1. The van der Waals surface area contributed by atoms with Crippen LogP contribution in [0.15, 0.2) is 71.6 Å². The third kappa shape index (κ3) is 3.16. The maximum Gasteiger partial charge on any atom is 0.240 e. The van der Waals surface area contributed by atoms with Crippen molar-refractivity contribution in [3.8, 4) is 0 Å². The van der Waals surface area contributed by atoms with Crippen LogP contribution >= 0.6 is 0 Å². The van der Waals surface area contributed by atoms with Crippen LogP contribution in [0.2, 0.25) is 0 Å². The van der Waals surface area contributed by atoms with E-state index in [0.29, 0.717) is 0 Å². The summed E-state index contributed by atoms with van der Waals surface area (Å²) in [6, 6.07) is 18.4. The smallest absolute Gasteiger partial charge is 0.207 e. The van der Waals surface area contributed by atoms with E-state index in [1.165, 1.54) is 12.1 Å². The summed E-state index contributed by atoms with van der Waals surface area (Å²) in [5.74, 6) is -0.464. The molecule has 1 N–H and O–H groups in total. The first-order valence-corrected chi connectivity index (χ1v) is 8.26. The summed E-state index contributed by atoms with van der Waals surface area (Å²) >= 11 is 0. The van der Waals surface area contributed by atoms with Crippen LogP contribution < -0.4 is 4.72 Å². The van der Waals surface area contributed by atoms with Crippen molar-refractivity contribution in [2.24, 2.45) is 0 Å². The Bertz CT molecular complexity index is 905. The van der Waals surface area contributed by atoms with Crippen LogP contribution in [0.5, 0.6) is 0 Å². The van der Waals surface area contributed by atoms with Gasteiger partial charge in [-0.05, 0) is 46.7 Å². The molecule has 0 radical (unpaired) electrons. The van der Waals surface area contributed by atoms with E-state index >= 15 is 0 Å². The predicted octanol–water partition coefficient (Wildman–Crippen LogP) is 3.46. The van der Waals surface area contributed by atoms with E-state index in [1.807, 2.05) is 42.5 Å². The van der Waals surface area contributed by atoms with Crippen LogP contribution in [0.4, 0.5) is 4.39 Å². The molecule has 0 aliphatic carbocycles. The molecule has 0 aromatic heterocycles. The molecular formula is C17H14FNO2S. The lowest BCUT2D eigenvalue weighted by atomic mass is 10.1. The minimum absolute atomic E-state index is 0.0506. The lowest BCUT2D eigenvalue weighted by Crippen LogP contribution is -2.23. The first kappa shape index (κ1) is 14.7. The van der Waals surface area contributed by atoms with Gasteiger partial charge in [-0.2, -0.15) is 0 Å². The number of hydrogen-bond acceptors (Lipinski definition) is 2. The number of sulfonamides is 1. The van der Waals surface area contributed by atoms with Gasteiger partial charge < -0.3 is 0 Å². The molecule has 0 saturated heterocycles. The van der Waals surface area contributed by atoms with Crippen LogP contribution in [-0.4, -0.2) is 8.42 Å². The van der Waals surface area contributed by atoms with Gasteiger partial charge in [0.25, 0.3) is 0 Å². The quantitative estimate of drug-likeness (QED) is 0.801. The molecule has 0 heterocycles. The maximum absolute atomic E-state index is 12.9. The first-order chi connectivity index (χ1) is 10.5. The number of fused-ring (bicyclic) bond motifs is 1. The van der Waals surface area contributed by atoms with E-state index in [9.17, 15) is 12.8 Å². The normalized spacial score (nSPS) is 11.7. The molecule has 0 amide bonds. The largest absolute Gasteiger partial charge is 0.240 e. The SMILES string of the molecule is O=S(=O)(NCc1ccc2ccccc2c1)c1ccc(F)cc1. The third-order valence-corrected chi connectivity index (χ3v) is 4.82. The van der Waals surface area contributed by atoms with E-state index in [0.717, 1.165) is 28.5 Å². The minimum atomic E-state index is -3.65. The van der Waals surface area contributed by atoms with Gasteiger partial charge in [0.15, 0.2) is 0 Å². The summed E-state index contributed by atoms with van der Waals surface area (Å²) in [6.45, 7) is 0.185. The van der Waals surface area contributed by atoms with Gasteiger partial charge in [0.05, 0.1) is 4.90 Å². The van der Waals surface area contributed by atoms with Crippen LogP contribution in [-0.2, 0) is 16.6 Å². The summed E-state index contributed by atoms with van der Waals surface area (Å²) in [5.41, 5.74) is 0.865. The Balaban J connectivity index is 1.79. The number of rotatable bonds is 4. The topological polar surface area (TPSA) is 46.2 Å². The molecule has 3 rings (SSSR count). The highest BCUT2D eigenvalue weighted by Gasteiger charge is 2.13. The molecule has 0 bridgehead atoms. The molecule has 3 nitrogen and oxygen atoms in total. The number of hydrogen-bond donors (Lipinski definition) is 1. The molecule has 0 spiro atoms. The highest BCUT2D eigenvalue weighted by molar-refractivity contribution is 7.89. The summed E-state index contributed by atoms with van der Waals surface area (Å²) in [4.78, 5) is 0.0506. The van der Waals surface area contributed by atoms with Gasteiger partial charge in [-0.3, -0.25) is 0 Å². The summed E-state index contributed by atoms with van der Waals surface area (Å²) in [7, 11) is -3.65. The second-order valence-corrected chi connectivity index (χ2v) is 6.73. The summed E-state index contributed by atoms with van der Waals surface area (Å²) in [6.07, 6.45) is 0. The zero-order chi connectivity index (χ0) is 15.6. The van der Waals surface area contributed by atoms with Crippen molar-refractivity contribution in [2.45, 2.75) is 11.4 Å². The first-order valence-electron chi connectivity index (χ1n) is 6.77. The molecule has 0 atom stereocenters. The van der Waals surface area contributed by atoms with Crippen LogP contribution in [0.25, 0.3) is 10.8 Å². The minimum Gasteiger partial charge on any atom is -0.207 e. The van der Waals surface area contributed by atoms with Gasteiger partial charge in [-0.1, -0.05) is 36.4 Å². The van der Waals surface area contributed by atoms with Crippen molar-refractivity contribution >= 4 is 20.8 Å².